The van der Waals surface area contributed by atoms with E-state index in [0.717, 1.165) is 29.2 Å². The maximum Gasteiger partial charge on any atom is 0.0642 e. The summed E-state index contributed by atoms with van der Waals surface area (Å²) in [5.74, 6) is 0.835. The second kappa shape index (κ2) is 7.15. The predicted octanol–water partition coefficient (Wildman–Crippen LogP) is 4.46. The van der Waals surface area contributed by atoms with E-state index < -0.39 is 0 Å². The van der Waals surface area contributed by atoms with Crippen LogP contribution in [0.2, 0.25) is 0 Å². The van der Waals surface area contributed by atoms with Crippen molar-refractivity contribution < 1.29 is 4.74 Å². The van der Waals surface area contributed by atoms with E-state index in [9.17, 15) is 0 Å². The van der Waals surface area contributed by atoms with Crippen molar-refractivity contribution in [2.45, 2.75) is 38.7 Å². The molecular weight excluding hydrogens is 290 g/mol. The number of hydrogen-bond acceptors (Lipinski definition) is 2. The first-order valence-electron chi connectivity index (χ1n) is 6.85. The molecule has 2 rings (SSSR count). The highest BCUT2D eigenvalue weighted by Gasteiger charge is 2.18. The monoisotopic (exact) mass is 311 g/mol. The largest absolute Gasteiger partial charge is 0.383 e. The molecule has 3 heteroatoms. The molecule has 18 heavy (non-hydrogen) atoms. The van der Waals surface area contributed by atoms with E-state index >= 15 is 0 Å². The van der Waals surface area contributed by atoms with E-state index in [1.807, 2.05) is 12.1 Å². The SMILES string of the molecule is CC1CCCC(OCCNc2cccc(Br)c2)C1. The van der Waals surface area contributed by atoms with Crippen molar-refractivity contribution in [1.82, 2.24) is 0 Å². The van der Waals surface area contributed by atoms with E-state index in [4.69, 9.17) is 4.74 Å². The molecule has 1 aromatic rings. The zero-order valence-electron chi connectivity index (χ0n) is 11.0. The number of halogens is 1. The van der Waals surface area contributed by atoms with Crippen LogP contribution in [-0.2, 0) is 4.74 Å². The summed E-state index contributed by atoms with van der Waals surface area (Å²) in [6.45, 7) is 4.00. The Morgan fingerprint density at radius 3 is 3.06 bits per heavy atom. The zero-order valence-corrected chi connectivity index (χ0v) is 12.6. The third-order valence-electron chi connectivity index (χ3n) is 3.50. The first-order chi connectivity index (χ1) is 8.74. The van der Waals surface area contributed by atoms with E-state index in [0.29, 0.717) is 6.10 Å². The van der Waals surface area contributed by atoms with Crippen LogP contribution in [0.3, 0.4) is 0 Å². The van der Waals surface area contributed by atoms with Gasteiger partial charge in [0.1, 0.15) is 0 Å². The molecule has 0 aliphatic heterocycles. The molecule has 0 amide bonds. The van der Waals surface area contributed by atoms with Gasteiger partial charge in [0, 0.05) is 16.7 Å². The number of anilines is 1. The first-order valence-corrected chi connectivity index (χ1v) is 7.64. The van der Waals surface area contributed by atoms with Gasteiger partial charge in [0.15, 0.2) is 0 Å². The number of ether oxygens (including phenoxy) is 1. The standard InChI is InChI=1S/C15H22BrNO/c1-12-4-2-7-15(10-12)18-9-8-17-14-6-3-5-13(16)11-14/h3,5-6,11-12,15,17H,2,4,7-10H2,1H3. The van der Waals surface area contributed by atoms with Gasteiger partial charge in [0.05, 0.1) is 12.7 Å². The predicted molar refractivity (Wildman–Crippen MR) is 80.0 cm³/mol. The van der Waals surface area contributed by atoms with Crippen LogP contribution in [0.4, 0.5) is 5.69 Å². The average Bonchev–Trinajstić information content (AvgIpc) is 2.35. The van der Waals surface area contributed by atoms with Crippen LogP contribution < -0.4 is 5.32 Å². The van der Waals surface area contributed by atoms with Gasteiger partial charge >= 0.3 is 0 Å². The lowest BCUT2D eigenvalue weighted by Gasteiger charge is -2.26. The Labute approximate surface area is 118 Å². The molecule has 2 atom stereocenters. The van der Waals surface area contributed by atoms with Crippen LogP contribution in [0, 0.1) is 5.92 Å². The summed E-state index contributed by atoms with van der Waals surface area (Å²) in [7, 11) is 0. The van der Waals surface area contributed by atoms with Crippen LogP contribution in [-0.4, -0.2) is 19.3 Å². The summed E-state index contributed by atoms with van der Waals surface area (Å²) in [6, 6.07) is 8.23. The summed E-state index contributed by atoms with van der Waals surface area (Å²) >= 11 is 3.47. The first kappa shape index (κ1) is 13.9. The second-order valence-corrected chi connectivity index (χ2v) is 6.12. The minimum atomic E-state index is 0.484. The highest BCUT2D eigenvalue weighted by Crippen LogP contribution is 2.25. The number of rotatable bonds is 5. The molecule has 100 valence electrons. The van der Waals surface area contributed by atoms with E-state index in [2.05, 4.69) is 40.3 Å². The highest BCUT2D eigenvalue weighted by molar-refractivity contribution is 9.10. The van der Waals surface area contributed by atoms with Crippen molar-refractivity contribution >= 4 is 21.6 Å². The van der Waals surface area contributed by atoms with Crippen LogP contribution in [0.1, 0.15) is 32.6 Å². The van der Waals surface area contributed by atoms with Gasteiger partial charge in [-0.1, -0.05) is 41.8 Å². The lowest BCUT2D eigenvalue weighted by molar-refractivity contribution is 0.0213. The number of nitrogens with one attached hydrogen (secondary N) is 1. The molecule has 1 aliphatic carbocycles. The number of hydrogen-bond donors (Lipinski definition) is 1. The molecule has 1 aliphatic rings. The lowest BCUT2D eigenvalue weighted by atomic mass is 9.89. The van der Waals surface area contributed by atoms with Crippen LogP contribution in [0.25, 0.3) is 0 Å². The van der Waals surface area contributed by atoms with E-state index in [1.54, 1.807) is 0 Å². The van der Waals surface area contributed by atoms with Crippen molar-refractivity contribution in [3.05, 3.63) is 28.7 Å². The Hall–Kier alpha value is -0.540. The minimum Gasteiger partial charge on any atom is -0.383 e. The van der Waals surface area contributed by atoms with Gasteiger partial charge in [-0.25, -0.2) is 0 Å². The molecule has 0 radical (unpaired) electrons. The van der Waals surface area contributed by atoms with Gasteiger partial charge < -0.3 is 10.1 Å². The van der Waals surface area contributed by atoms with Gasteiger partial charge in [-0.3, -0.25) is 0 Å². The molecule has 0 bridgehead atoms. The molecule has 1 fully saturated rings. The Bertz CT molecular complexity index is 369. The average molecular weight is 312 g/mol. The molecule has 2 nitrogen and oxygen atoms in total. The Kier molecular flexibility index (Phi) is 5.51. The Morgan fingerprint density at radius 2 is 2.28 bits per heavy atom. The van der Waals surface area contributed by atoms with Crippen LogP contribution in [0.5, 0.6) is 0 Å². The topological polar surface area (TPSA) is 21.3 Å². The summed E-state index contributed by atoms with van der Waals surface area (Å²) in [5, 5.41) is 3.38. The molecular formula is C15H22BrNO. The third kappa shape index (κ3) is 4.62. The molecule has 0 saturated heterocycles. The fourth-order valence-electron chi connectivity index (χ4n) is 2.55. The van der Waals surface area contributed by atoms with Crippen molar-refractivity contribution in [2.24, 2.45) is 5.92 Å². The normalized spacial score (nSPS) is 23.9. The molecule has 0 heterocycles. The summed E-state index contributed by atoms with van der Waals surface area (Å²) in [6.07, 6.45) is 5.65. The Morgan fingerprint density at radius 1 is 1.39 bits per heavy atom. The van der Waals surface area contributed by atoms with Crippen molar-refractivity contribution in [3.63, 3.8) is 0 Å². The fourth-order valence-corrected chi connectivity index (χ4v) is 2.95. The molecule has 1 N–H and O–H groups in total. The quantitative estimate of drug-likeness (QED) is 0.811. The maximum atomic E-state index is 5.93. The van der Waals surface area contributed by atoms with Crippen LogP contribution >= 0.6 is 15.9 Å². The highest BCUT2D eigenvalue weighted by atomic mass is 79.9. The molecule has 2 unspecified atom stereocenters. The van der Waals surface area contributed by atoms with Crippen molar-refractivity contribution in [1.29, 1.82) is 0 Å². The smallest absolute Gasteiger partial charge is 0.0642 e. The molecule has 0 spiro atoms. The molecule has 1 saturated carbocycles. The fraction of sp³-hybridized carbons (Fsp3) is 0.600. The molecule has 0 aromatic heterocycles. The third-order valence-corrected chi connectivity index (χ3v) is 3.99. The summed E-state index contributed by atoms with van der Waals surface area (Å²) in [5.41, 5.74) is 1.14. The second-order valence-electron chi connectivity index (χ2n) is 5.20. The van der Waals surface area contributed by atoms with Crippen molar-refractivity contribution in [2.75, 3.05) is 18.5 Å². The van der Waals surface area contributed by atoms with Crippen LogP contribution in [0.15, 0.2) is 28.7 Å². The van der Waals surface area contributed by atoms with E-state index in [1.165, 1.54) is 25.7 Å². The molecule has 1 aromatic carbocycles. The van der Waals surface area contributed by atoms with E-state index in [-0.39, 0.29) is 0 Å². The number of benzene rings is 1. The van der Waals surface area contributed by atoms with Crippen molar-refractivity contribution in [3.8, 4) is 0 Å². The minimum absolute atomic E-state index is 0.484. The zero-order chi connectivity index (χ0) is 12.8. The maximum absolute atomic E-state index is 5.93. The van der Waals surface area contributed by atoms with Gasteiger partial charge in [-0.15, -0.1) is 0 Å². The Balaban J connectivity index is 1.64. The van der Waals surface area contributed by atoms with Gasteiger partial charge in [0.25, 0.3) is 0 Å². The summed E-state index contributed by atoms with van der Waals surface area (Å²) in [4.78, 5) is 0. The lowest BCUT2D eigenvalue weighted by Crippen LogP contribution is -2.24. The van der Waals surface area contributed by atoms with Gasteiger partial charge in [0.2, 0.25) is 0 Å². The van der Waals surface area contributed by atoms with Gasteiger partial charge in [-0.05, 0) is 37.0 Å². The van der Waals surface area contributed by atoms with Gasteiger partial charge in [-0.2, -0.15) is 0 Å². The summed E-state index contributed by atoms with van der Waals surface area (Å²) < 4.78 is 7.04.